The summed E-state index contributed by atoms with van der Waals surface area (Å²) in [5, 5.41) is 12.3. The lowest BCUT2D eigenvalue weighted by atomic mass is 9.97. The number of nitrogens with zero attached hydrogens (tertiary/aromatic N) is 3. The fourth-order valence-corrected chi connectivity index (χ4v) is 6.06. The first kappa shape index (κ1) is 27.9. The number of aryl methyl sites for hydroxylation is 1. The number of amides is 1. The Morgan fingerprint density at radius 2 is 1.82 bits per heavy atom. The number of thiophene rings is 1. The van der Waals surface area contributed by atoms with Gasteiger partial charge in [-0.1, -0.05) is 37.6 Å². The number of hydrogen-bond donors (Lipinski definition) is 1. The van der Waals surface area contributed by atoms with Gasteiger partial charge in [-0.3, -0.25) is 9.69 Å². The Balaban J connectivity index is 1.78. The van der Waals surface area contributed by atoms with Crippen LogP contribution in [0.2, 0.25) is 0 Å². The molecule has 0 saturated carbocycles. The molecule has 3 aromatic rings. The molecule has 4 rings (SSSR count). The van der Waals surface area contributed by atoms with Gasteiger partial charge in [0, 0.05) is 6.54 Å². The van der Waals surface area contributed by atoms with Gasteiger partial charge < -0.3 is 19.2 Å². The minimum Gasteiger partial charge on any atom is -0.458 e. The van der Waals surface area contributed by atoms with E-state index in [9.17, 15) is 14.7 Å². The van der Waals surface area contributed by atoms with Crippen molar-refractivity contribution in [2.24, 2.45) is 0 Å². The highest BCUT2D eigenvalue weighted by atomic mass is 32.1. The van der Waals surface area contributed by atoms with Gasteiger partial charge in [-0.25, -0.2) is 9.78 Å². The fraction of sp³-hybridized carbons (Fsp3) is 0.483. The van der Waals surface area contributed by atoms with E-state index in [4.69, 9.17) is 9.15 Å². The third-order valence-electron chi connectivity index (χ3n) is 6.72. The van der Waals surface area contributed by atoms with Crippen LogP contribution in [0, 0.1) is 6.92 Å². The minimum atomic E-state index is -1.43. The molecule has 1 N–H and O–H groups in total. The summed E-state index contributed by atoms with van der Waals surface area (Å²) in [4.78, 5) is 35.3. The Morgan fingerprint density at radius 3 is 2.39 bits per heavy atom. The Kier molecular flexibility index (Phi) is 7.72. The van der Waals surface area contributed by atoms with Crippen molar-refractivity contribution in [3.63, 3.8) is 0 Å². The monoisotopic (exact) mass is 539 g/mol. The number of ether oxygens (including phenoxy) is 1. The molecule has 1 aliphatic heterocycles. The Bertz CT molecular complexity index is 1310. The molecule has 0 fully saturated rings. The van der Waals surface area contributed by atoms with Crippen LogP contribution in [-0.4, -0.2) is 50.9 Å². The number of carbonyl (C=O) groups excluding carboxylic acids is 2. The highest BCUT2D eigenvalue weighted by molar-refractivity contribution is 7.20. The first-order chi connectivity index (χ1) is 17.9. The fourth-order valence-electron chi connectivity index (χ4n) is 4.78. The average molecular weight is 540 g/mol. The van der Waals surface area contributed by atoms with E-state index >= 15 is 0 Å². The number of fused-ring (bicyclic) bond motifs is 1. The number of carbonyl (C=O) groups is 2. The van der Waals surface area contributed by atoms with Crippen molar-refractivity contribution in [1.29, 1.82) is 0 Å². The molecule has 0 spiro atoms. The van der Waals surface area contributed by atoms with Gasteiger partial charge in [-0.05, 0) is 71.1 Å². The van der Waals surface area contributed by atoms with Crippen LogP contribution in [0.5, 0.6) is 0 Å². The molecule has 3 heterocycles. The largest absolute Gasteiger partial charge is 0.458 e. The number of aliphatic hydroxyl groups excluding tert-OH is 1. The number of esters is 1. The molecule has 204 valence electrons. The summed E-state index contributed by atoms with van der Waals surface area (Å²) in [6.07, 6.45) is 4.34. The Labute approximate surface area is 228 Å². The van der Waals surface area contributed by atoms with Crippen LogP contribution in [0.15, 0.2) is 41.1 Å². The maximum absolute atomic E-state index is 14.0. The first-order valence-corrected chi connectivity index (χ1v) is 13.8. The molecule has 38 heavy (non-hydrogen) atoms. The molecular formula is C29H37N3O5S. The quantitative estimate of drug-likeness (QED) is 0.374. The molecule has 1 atom stereocenters. The van der Waals surface area contributed by atoms with E-state index < -0.39 is 29.4 Å². The van der Waals surface area contributed by atoms with Crippen molar-refractivity contribution in [3.8, 4) is 10.8 Å². The number of anilines is 1. The van der Waals surface area contributed by atoms with E-state index in [1.54, 1.807) is 45.7 Å². The number of aliphatic hydroxyl groups is 1. The lowest BCUT2D eigenvalue weighted by Crippen LogP contribution is -2.65. The summed E-state index contributed by atoms with van der Waals surface area (Å²) in [5.41, 5.74) is 1.42. The summed E-state index contributed by atoms with van der Waals surface area (Å²) in [7, 11) is 0. The van der Waals surface area contributed by atoms with Crippen LogP contribution in [0.3, 0.4) is 0 Å². The first-order valence-electron chi connectivity index (χ1n) is 13.0. The summed E-state index contributed by atoms with van der Waals surface area (Å²) >= 11 is 1.36. The van der Waals surface area contributed by atoms with E-state index in [0.29, 0.717) is 39.9 Å². The van der Waals surface area contributed by atoms with E-state index in [1.165, 1.54) is 33.6 Å². The maximum Gasteiger partial charge on any atom is 0.332 e. The molecule has 0 bridgehead atoms. The van der Waals surface area contributed by atoms with Crippen LogP contribution in [0.1, 0.15) is 75.0 Å². The lowest BCUT2D eigenvalue weighted by molar-refractivity contribution is -0.172. The van der Waals surface area contributed by atoms with Crippen LogP contribution in [-0.2, 0) is 22.4 Å². The highest BCUT2D eigenvalue weighted by Gasteiger charge is 2.51. The molecule has 1 aliphatic rings. The molecule has 9 heteroatoms. The molecule has 0 aliphatic carbocycles. The summed E-state index contributed by atoms with van der Waals surface area (Å²) in [5.74, 6) is -0.608. The van der Waals surface area contributed by atoms with Crippen LogP contribution >= 0.6 is 11.3 Å². The van der Waals surface area contributed by atoms with Gasteiger partial charge in [0.1, 0.15) is 22.4 Å². The van der Waals surface area contributed by atoms with E-state index in [0.717, 1.165) is 12.8 Å². The normalized spacial score (nSPS) is 16.1. The van der Waals surface area contributed by atoms with Gasteiger partial charge >= 0.3 is 5.97 Å². The van der Waals surface area contributed by atoms with E-state index in [-0.39, 0.29) is 0 Å². The number of hydrogen-bond acceptors (Lipinski definition) is 8. The number of oxazole rings is 1. The molecule has 8 nitrogen and oxygen atoms in total. The molecular weight excluding hydrogens is 502 g/mol. The van der Waals surface area contributed by atoms with Crippen molar-refractivity contribution in [2.75, 3.05) is 11.4 Å². The average Bonchev–Trinajstić information content (AvgIpc) is 3.47. The third-order valence-corrected chi connectivity index (χ3v) is 8.04. The van der Waals surface area contributed by atoms with Crippen LogP contribution in [0.4, 0.5) is 5.00 Å². The van der Waals surface area contributed by atoms with Crippen molar-refractivity contribution < 1.29 is 23.8 Å². The van der Waals surface area contributed by atoms with Crippen molar-refractivity contribution in [1.82, 2.24) is 9.88 Å². The second-order valence-electron chi connectivity index (χ2n) is 11.1. The summed E-state index contributed by atoms with van der Waals surface area (Å²) in [6, 6.07) is 8.29. The topological polar surface area (TPSA) is 96.1 Å². The zero-order chi connectivity index (χ0) is 27.8. The lowest BCUT2D eigenvalue weighted by Gasteiger charge is -2.47. The van der Waals surface area contributed by atoms with Crippen LogP contribution < -0.4 is 4.90 Å². The second kappa shape index (κ2) is 10.5. The maximum atomic E-state index is 14.0. The predicted molar refractivity (Wildman–Crippen MR) is 148 cm³/mol. The number of rotatable bonds is 8. The van der Waals surface area contributed by atoms with Crippen molar-refractivity contribution in [2.45, 2.75) is 85.2 Å². The standard InChI is InChI=1S/C29H37N3O5S/c1-8-11-19-12-9-10-13-20(19)14-16-31-25-21(18(2)22(38-25)23-30-15-17-36-23)24(33)32(27(31)35)29(6,7)26(34)37-28(3,4)5/h9-10,12-13,15,17,27,35H,8,11,14,16H2,1-7H3. The zero-order valence-electron chi connectivity index (χ0n) is 23.2. The van der Waals surface area contributed by atoms with Gasteiger partial charge in [0.15, 0.2) is 0 Å². The number of benzene rings is 1. The molecule has 1 aromatic carbocycles. The predicted octanol–water partition coefficient (Wildman–Crippen LogP) is 5.57. The molecule has 1 unspecified atom stereocenters. The van der Waals surface area contributed by atoms with Crippen LogP contribution in [0.25, 0.3) is 10.8 Å². The smallest absolute Gasteiger partial charge is 0.332 e. The Morgan fingerprint density at radius 1 is 1.16 bits per heavy atom. The van der Waals surface area contributed by atoms with Gasteiger partial charge in [0.25, 0.3) is 5.91 Å². The van der Waals surface area contributed by atoms with Gasteiger partial charge in [0.05, 0.1) is 16.6 Å². The molecule has 1 amide bonds. The SMILES string of the molecule is CCCc1ccccc1CCN1c2sc(-c3ncco3)c(C)c2C(=O)N(C(C)(C)C(=O)OC(C)(C)C)C1O. The van der Waals surface area contributed by atoms with Crippen molar-refractivity contribution >= 4 is 28.2 Å². The summed E-state index contributed by atoms with van der Waals surface area (Å²) in [6.45, 7) is 13.0. The zero-order valence-corrected chi connectivity index (χ0v) is 24.0. The summed E-state index contributed by atoms with van der Waals surface area (Å²) < 4.78 is 11.2. The van der Waals surface area contributed by atoms with Gasteiger partial charge in [-0.2, -0.15) is 0 Å². The van der Waals surface area contributed by atoms with E-state index in [1.807, 2.05) is 19.1 Å². The van der Waals surface area contributed by atoms with E-state index in [2.05, 4.69) is 24.0 Å². The number of aromatic nitrogens is 1. The van der Waals surface area contributed by atoms with Gasteiger partial charge in [-0.15, -0.1) is 11.3 Å². The van der Waals surface area contributed by atoms with Gasteiger partial charge in [0.2, 0.25) is 12.2 Å². The second-order valence-corrected chi connectivity index (χ2v) is 12.1. The molecule has 2 aromatic heterocycles. The molecule has 0 radical (unpaired) electrons. The third kappa shape index (κ3) is 5.22. The molecule has 0 saturated heterocycles. The minimum absolute atomic E-state index is 0.412. The van der Waals surface area contributed by atoms with Crippen molar-refractivity contribution in [3.05, 3.63) is 59.0 Å². The highest BCUT2D eigenvalue weighted by Crippen LogP contribution is 2.46. The Hall–Kier alpha value is -3.17.